The van der Waals surface area contributed by atoms with Gasteiger partial charge in [-0.3, -0.25) is 0 Å². The van der Waals surface area contributed by atoms with Gasteiger partial charge in [0.25, 0.3) is 0 Å². The zero-order valence-corrected chi connectivity index (χ0v) is 14.1. The van der Waals surface area contributed by atoms with Crippen LogP contribution in [0.25, 0.3) is 0 Å². The summed E-state index contributed by atoms with van der Waals surface area (Å²) in [7, 11) is 4.14. The normalized spacial score (nSPS) is 12.7. The summed E-state index contributed by atoms with van der Waals surface area (Å²) in [5.41, 5.74) is 1.79. The second-order valence-corrected chi connectivity index (χ2v) is 5.81. The third kappa shape index (κ3) is 5.29. The predicted octanol–water partition coefficient (Wildman–Crippen LogP) is 3.10. The largest absolute Gasteiger partial charge is 0.367 e. The first-order valence-corrected chi connectivity index (χ1v) is 7.90. The lowest BCUT2D eigenvalue weighted by Crippen LogP contribution is -2.40. The fraction of sp³-hybridized carbons (Fsp3) is 0.647. The molecule has 1 aromatic carbocycles. The Morgan fingerprint density at radius 3 is 2.52 bits per heavy atom. The molecule has 0 fully saturated rings. The highest BCUT2D eigenvalue weighted by Crippen LogP contribution is 2.25. The number of nitrogens with zero attached hydrogens (tertiary/aromatic N) is 2. The van der Waals surface area contributed by atoms with E-state index in [9.17, 15) is 4.39 Å². The molecule has 0 aliphatic rings. The fourth-order valence-electron chi connectivity index (χ4n) is 2.73. The highest BCUT2D eigenvalue weighted by molar-refractivity contribution is 5.55. The van der Waals surface area contributed by atoms with Gasteiger partial charge < -0.3 is 15.1 Å². The average molecular weight is 295 g/mol. The minimum Gasteiger partial charge on any atom is -0.367 e. The molecule has 0 aromatic heterocycles. The Hall–Kier alpha value is -1.13. The second-order valence-electron chi connectivity index (χ2n) is 5.81. The molecule has 3 nitrogen and oxygen atoms in total. The van der Waals surface area contributed by atoms with Gasteiger partial charge in [0.1, 0.15) is 5.82 Å². The Bertz CT molecular complexity index is 420. The number of rotatable bonds is 9. The van der Waals surface area contributed by atoms with Crippen LogP contribution in [0.3, 0.4) is 0 Å². The van der Waals surface area contributed by atoms with E-state index in [1.54, 1.807) is 12.1 Å². The summed E-state index contributed by atoms with van der Waals surface area (Å²) >= 11 is 0. The van der Waals surface area contributed by atoms with E-state index in [-0.39, 0.29) is 5.82 Å². The molecule has 1 unspecified atom stereocenters. The molecule has 120 valence electrons. The van der Waals surface area contributed by atoms with Crippen molar-refractivity contribution < 1.29 is 4.39 Å². The Morgan fingerprint density at radius 1 is 1.24 bits per heavy atom. The monoisotopic (exact) mass is 295 g/mol. The number of hydrogen-bond acceptors (Lipinski definition) is 3. The van der Waals surface area contributed by atoms with Crippen LogP contribution in [0.5, 0.6) is 0 Å². The van der Waals surface area contributed by atoms with E-state index in [2.05, 4.69) is 50.0 Å². The van der Waals surface area contributed by atoms with E-state index in [1.807, 2.05) is 6.07 Å². The standard InChI is InChI=1S/C17H30FN3/c1-6-11-19-12-15-16(18)9-8-10-17(15)21(7-2)14(3)13-20(4)5/h8-10,14,19H,6-7,11-13H2,1-5H3. The van der Waals surface area contributed by atoms with Crippen LogP contribution in [-0.2, 0) is 6.54 Å². The van der Waals surface area contributed by atoms with Crippen LogP contribution in [0.1, 0.15) is 32.8 Å². The molecule has 21 heavy (non-hydrogen) atoms. The lowest BCUT2D eigenvalue weighted by atomic mass is 10.1. The molecule has 0 amide bonds. The average Bonchev–Trinajstić information content (AvgIpc) is 2.41. The van der Waals surface area contributed by atoms with Gasteiger partial charge in [-0.25, -0.2) is 4.39 Å². The van der Waals surface area contributed by atoms with E-state index in [4.69, 9.17) is 0 Å². The van der Waals surface area contributed by atoms with E-state index in [1.165, 1.54) is 0 Å². The van der Waals surface area contributed by atoms with Crippen LogP contribution in [0, 0.1) is 5.82 Å². The van der Waals surface area contributed by atoms with Gasteiger partial charge in [0, 0.05) is 36.9 Å². The molecule has 0 saturated heterocycles. The van der Waals surface area contributed by atoms with Crippen molar-refractivity contribution >= 4 is 5.69 Å². The number of likely N-dealkylation sites (N-methyl/N-ethyl adjacent to an activating group) is 2. The molecule has 1 rings (SSSR count). The van der Waals surface area contributed by atoms with Gasteiger partial charge in [-0.05, 0) is 53.0 Å². The maximum absolute atomic E-state index is 14.2. The molecule has 0 aliphatic heterocycles. The summed E-state index contributed by atoms with van der Waals surface area (Å²) < 4.78 is 14.2. The number of hydrogen-bond donors (Lipinski definition) is 1. The van der Waals surface area contributed by atoms with Crippen molar-refractivity contribution in [2.24, 2.45) is 0 Å². The van der Waals surface area contributed by atoms with Gasteiger partial charge in [0.05, 0.1) is 0 Å². The third-order valence-corrected chi connectivity index (χ3v) is 3.63. The smallest absolute Gasteiger partial charge is 0.129 e. The van der Waals surface area contributed by atoms with Gasteiger partial charge in [0.15, 0.2) is 0 Å². The Morgan fingerprint density at radius 2 is 1.95 bits per heavy atom. The molecule has 0 spiro atoms. The molecule has 0 bridgehead atoms. The van der Waals surface area contributed by atoms with Crippen LogP contribution in [0.4, 0.5) is 10.1 Å². The molecular formula is C17H30FN3. The summed E-state index contributed by atoms with van der Waals surface area (Å²) in [6, 6.07) is 5.73. The van der Waals surface area contributed by atoms with Gasteiger partial charge in [-0.2, -0.15) is 0 Å². The molecule has 4 heteroatoms. The van der Waals surface area contributed by atoms with Crippen LogP contribution < -0.4 is 10.2 Å². The first-order chi connectivity index (χ1) is 10.0. The first kappa shape index (κ1) is 17.9. The Kier molecular flexibility index (Phi) is 7.68. The SMILES string of the molecule is CCCNCc1c(F)cccc1N(CC)C(C)CN(C)C. The highest BCUT2D eigenvalue weighted by atomic mass is 19.1. The number of halogens is 1. The molecule has 1 atom stereocenters. The van der Waals surface area contributed by atoms with Crippen LogP contribution in [0.15, 0.2) is 18.2 Å². The van der Waals surface area contributed by atoms with E-state index in [0.29, 0.717) is 12.6 Å². The zero-order valence-electron chi connectivity index (χ0n) is 14.1. The Labute approximate surface area is 129 Å². The van der Waals surface area contributed by atoms with Crippen molar-refractivity contribution in [2.45, 2.75) is 39.8 Å². The van der Waals surface area contributed by atoms with Gasteiger partial charge in [-0.15, -0.1) is 0 Å². The van der Waals surface area contributed by atoms with Crippen LogP contribution in [-0.4, -0.2) is 44.7 Å². The molecular weight excluding hydrogens is 265 g/mol. The number of benzene rings is 1. The summed E-state index contributed by atoms with van der Waals surface area (Å²) in [5.74, 6) is -0.119. The maximum Gasteiger partial charge on any atom is 0.129 e. The maximum atomic E-state index is 14.2. The van der Waals surface area contributed by atoms with Crippen molar-refractivity contribution in [2.75, 3.05) is 38.6 Å². The highest BCUT2D eigenvalue weighted by Gasteiger charge is 2.18. The van der Waals surface area contributed by atoms with E-state index < -0.39 is 0 Å². The van der Waals surface area contributed by atoms with Crippen molar-refractivity contribution in [1.82, 2.24) is 10.2 Å². The second kappa shape index (κ2) is 9.00. The quantitative estimate of drug-likeness (QED) is 0.706. The van der Waals surface area contributed by atoms with Crippen molar-refractivity contribution in [3.05, 3.63) is 29.6 Å². The van der Waals surface area contributed by atoms with Gasteiger partial charge >= 0.3 is 0 Å². The molecule has 0 aliphatic carbocycles. The lowest BCUT2D eigenvalue weighted by molar-refractivity contribution is 0.372. The summed E-state index contributed by atoms with van der Waals surface area (Å²) in [6.07, 6.45) is 1.05. The van der Waals surface area contributed by atoms with Crippen molar-refractivity contribution in [3.8, 4) is 0 Å². The first-order valence-electron chi connectivity index (χ1n) is 7.90. The zero-order chi connectivity index (χ0) is 15.8. The summed E-state index contributed by atoms with van der Waals surface area (Å²) in [4.78, 5) is 4.45. The lowest BCUT2D eigenvalue weighted by Gasteiger charge is -2.33. The number of nitrogens with one attached hydrogen (secondary N) is 1. The van der Waals surface area contributed by atoms with Gasteiger partial charge in [0.2, 0.25) is 0 Å². The molecule has 0 heterocycles. The minimum absolute atomic E-state index is 0.119. The van der Waals surface area contributed by atoms with E-state index >= 15 is 0 Å². The van der Waals surface area contributed by atoms with Crippen molar-refractivity contribution in [3.63, 3.8) is 0 Å². The molecule has 1 N–H and O–H groups in total. The third-order valence-electron chi connectivity index (χ3n) is 3.63. The van der Waals surface area contributed by atoms with Crippen LogP contribution >= 0.6 is 0 Å². The predicted molar refractivity (Wildman–Crippen MR) is 89.4 cm³/mol. The summed E-state index contributed by atoms with van der Waals surface area (Å²) in [5, 5.41) is 3.31. The number of anilines is 1. The van der Waals surface area contributed by atoms with Gasteiger partial charge in [-0.1, -0.05) is 13.0 Å². The topological polar surface area (TPSA) is 18.5 Å². The summed E-state index contributed by atoms with van der Waals surface area (Å²) in [6.45, 7) is 9.75. The molecule has 0 radical (unpaired) electrons. The van der Waals surface area contributed by atoms with Crippen molar-refractivity contribution in [1.29, 1.82) is 0 Å². The van der Waals surface area contributed by atoms with E-state index in [0.717, 1.165) is 37.3 Å². The Balaban J connectivity index is 2.99. The fourth-order valence-corrected chi connectivity index (χ4v) is 2.73. The van der Waals surface area contributed by atoms with Crippen LogP contribution in [0.2, 0.25) is 0 Å². The molecule has 1 aromatic rings. The molecule has 0 saturated carbocycles. The minimum atomic E-state index is -0.119.